The predicted molar refractivity (Wildman–Crippen MR) is 93.4 cm³/mol. The van der Waals surface area contributed by atoms with Crippen molar-refractivity contribution >= 4 is 11.9 Å². The van der Waals surface area contributed by atoms with Gasteiger partial charge in [-0.25, -0.2) is 4.79 Å². The molecule has 3 amide bonds. The van der Waals surface area contributed by atoms with Gasteiger partial charge in [0.25, 0.3) is 5.91 Å². The van der Waals surface area contributed by atoms with E-state index in [9.17, 15) is 9.59 Å². The van der Waals surface area contributed by atoms with Crippen LogP contribution in [0.4, 0.5) is 4.79 Å². The maximum Gasteiger partial charge on any atom is 0.325 e. The molecule has 0 saturated carbocycles. The van der Waals surface area contributed by atoms with Crippen LogP contribution in [0, 0.1) is 0 Å². The van der Waals surface area contributed by atoms with Crippen LogP contribution in [-0.2, 0) is 16.9 Å². The lowest BCUT2D eigenvalue weighted by Crippen LogP contribution is -2.40. The van der Waals surface area contributed by atoms with Crippen LogP contribution < -0.4 is 5.32 Å². The molecule has 2 aromatic rings. The molecule has 1 aliphatic heterocycles. The van der Waals surface area contributed by atoms with Crippen LogP contribution in [0.3, 0.4) is 0 Å². The van der Waals surface area contributed by atoms with Crippen LogP contribution in [0.2, 0.25) is 0 Å². The molecule has 0 aliphatic carbocycles. The van der Waals surface area contributed by atoms with Gasteiger partial charge in [-0.2, -0.15) is 0 Å². The maximum absolute atomic E-state index is 12.9. The van der Waals surface area contributed by atoms with Crippen LogP contribution in [0.1, 0.15) is 43.4 Å². The number of benzene rings is 2. The quantitative estimate of drug-likeness (QED) is 0.871. The third-order valence-electron chi connectivity index (χ3n) is 4.61. The van der Waals surface area contributed by atoms with Crippen molar-refractivity contribution in [3.8, 4) is 0 Å². The molecule has 0 spiro atoms. The van der Waals surface area contributed by atoms with Crippen LogP contribution in [0.25, 0.3) is 0 Å². The first-order valence-corrected chi connectivity index (χ1v) is 8.20. The number of nitrogens with one attached hydrogen (secondary N) is 1. The molecule has 1 N–H and O–H groups in total. The van der Waals surface area contributed by atoms with E-state index in [-0.39, 0.29) is 18.5 Å². The minimum Gasteiger partial charge on any atom is -0.319 e. The first kappa shape index (κ1) is 16.2. The van der Waals surface area contributed by atoms with Crippen molar-refractivity contribution in [1.29, 1.82) is 0 Å². The molecule has 1 heterocycles. The van der Waals surface area contributed by atoms with E-state index in [1.807, 2.05) is 42.5 Å². The van der Waals surface area contributed by atoms with E-state index < -0.39 is 5.54 Å². The highest BCUT2D eigenvalue weighted by Crippen LogP contribution is 2.29. The van der Waals surface area contributed by atoms with Gasteiger partial charge in [0.05, 0.1) is 6.54 Å². The summed E-state index contributed by atoms with van der Waals surface area (Å²) >= 11 is 0. The molecule has 0 bridgehead atoms. The Balaban J connectivity index is 1.82. The second-order valence-corrected chi connectivity index (χ2v) is 6.71. The van der Waals surface area contributed by atoms with E-state index in [0.29, 0.717) is 5.92 Å². The molecule has 1 saturated heterocycles. The molecule has 1 atom stereocenters. The molecule has 1 fully saturated rings. The number of amides is 3. The Morgan fingerprint density at radius 3 is 2.21 bits per heavy atom. The molecule has 124 valence electrons. The first-order valence-electron chi connectivity index (χ1n) is 8.20. The molecule has 4 heteroatoms. The monoisotopic (exact) mass is 322 g/mol. The summed E-state index contributed by atoms with van der Waals surface area (Å²) in [6, 6.07) is 17.1. The lowest BCUT2D eigenvalue weighted by molar-refractivity contribution is -0.131. The van der Waals surface area contributed by atoms with E-state index in [0.717, 1.165) is 11.1 Å². The SMILES string of the molecule is CC(C)c1ccc(CN2C(=O)N[C@@](C)(c3ccccc3)C2=O)cc1. The molecule has 1 aliphatic rings. The second kappa shape index (κ2) is 6.11. The summed E-state index contributed by atoms with van der Waals surface area (Å²) in [5, 5.41) is 2.83. The average Bonchev–Trinajstić information content (AvgIpc) is 2.80. The van der Waals surface area contributed by atoms with Crippen molar-refractivity contribution in [1.82, 2.24) is 10.2 Å². The van der Waals surface area contributed by atoms with Crippen molar-refractivity contribution in [3.05, 3.63) is 71.3 Å². The van der Waals surface area contributed by atoms with Crippen molar-refractivity contribution in [2.24, 2.45) is 0 Å². The van der Waals surface area contributed by atoms with E-state index in [1.54, 1.807) is 6.92 Å². The van der Waals surface area contributed by atoms with E-state index in [4.69, 9.17) is 0 Å². The van der Waals surface area contributed by atoms with E-state index in [2.05, 4.69) is 31.3 Å². The highest BCUT2D eigenvalue weighted by molar-refractivity contribution is 6.07. The zero-order chi connectivity index (χ0) is 17.3. The van der Waals surface area contributed by atoms with Gasteiger partial charge >= 0.3 is 6.03 Å². The highest BCUT2D eigenvalue weighted by atomic mass is 16.2. The van der Waals surface area contributed by atoms with Gasteiger partial charge in [0.2, 0.25) is 0 Å². The number of imide groups is 1. The second-order valence-electron chi connectivity index (χ2n) is 6.71. The van der Waals surface area contributed by atoms with Gasteiger partial charge in [0.1, 0.15) is 5.54 Å². The Morgan fingerprint density at radius 1 is 1.00 bits per heavy atom. The largest absolute Gasteiger partial charge is 0.325 e. The Labute approximate surface area is 142 Å². The fraction of sp³-hybridized carbons (Fsp3) is 0.300. The van der Waals surface area contributed by atoms with Crippen molar-refractivity contribution in [2.75, 3.05) is 0 Å². The standard InChI is InChI=1S/C20H22N2O2/c1-14(2)16-11-9-15(10-12-16)13-22-18(23)20(3,21-19(22)24)17-7-5-4-6-8-17/h4-12,14H,13H2,1-3H3,(H,21,24)/t20-/m0/s1. The lowest BCUT2D eigenvalue weighted by Gasteiger charge is -2.22. The van der Waals surface area contributed by atoms with Gasteiger partial charge < -0.3 is 5.32 Å². The molecular weight excluding hydrogens is 300 g/mol. The van der Waals surface area contributed by atoms with Crippen LogP contribution in [0.5, 0.6) is 0 Å². The number of rotatable bonds is 4. The molecule has 0 unspecified atom stereocenters. The van der Waals surface area contributed by atoms with Gasteiger partial charge in [-0.05, 0) is 29.5 Å². The fourth-order valence-corrected chi connectivity index (χ4v) is 3.00. The van der Waals surface area contributed by atoms with Gasteiger partial charge in [-0.15, -0.1) is 0 Å². The van der Waals surface area contributed by atoms with Gasteiger partial charge in [-0.1, -0.05) is 68.4 Å². The average molecular weight is 322 g/mol. The van der Waals surface area contributed by atoms with E-state index in [1.165, 1.54) is 10.5 Å². The number of hydrogen-bond donors (Lipinski definition) is 1. The van der Waals surface area contributed by atoms with Crippen LogP contribution >= 0.6 is 0 Å². The first-order chi connectivity index (χ1) is 11.4. The number of carbonyl (C=O) groups excluding carboxylic acids is 2. The topological polar surface area (TPSA) is 49.4 Å². The van der Waals surface area contributed by atoms with Crippen molar-refractivity contribution in [3.63, 3.8) is 0 Å². The smallest absolute Gasteiger partial charge is 0.319 e. The summed E-state index contributed by atoms with van der Waals surface area (Å²) in [6.45, 7) is 6.31. The summed E-state index contributed by atoms with van der Waals surface area (Å²) in [5.74, 6) is 0.240. The number of carbonyl (C=O) groups is 2. The van der Waals surface area contributed by atoms with Gasteiger partial charge in [0, 0.05) is 0 Å². The summed E-state index contributed by atoms with van der Waals surface area (Å²) < 4.78 is 0. The summed E-state index contributed by atoms with van der Waals surface area (Å²) in [4.78, 5) is 26.5. The lowest BCUT2D eigenvalue weighted by atomic mass is 9.92. The van der Waals surface area contributed by atoms with Crippen LogP contribution in [-0.4, -0.2) is 16.8 Å². The minimum absolute atomic E-state index is 0.216. The normalized spacial score (nSPS) is 20.6. The Kier molecular flexibility index (Phi) is 4.14. The van der Waals surface area contributed by atoms with Crippen LogP contribution in [0.15, 0.2) is 54.6 Å². The molecule has 24 heavy (non-hydrogen) atoms. The fourth-order valence-electron chi connectivity index (χ4n) is 3.00. The van der Waals surface area contributed by atoms with E-state index >= 15 is 0 Å². The Morgan fingerprint density at radius 2 is 1.62 bits per heavy atom. The third kappa shape index (κ3) is 2.80. The minimum atomic E-state index is -1.00. The summed E-state index contributed by atoms with van der Waals surface area (Å²) in [5.41, 5.74) is 1.97. The Hall–Kier alpha value is -2.62. The number of hydrogen-bond acceptors (Lipinski definition) is 2. The zero-order valence-electron chi connectivity index (χ0n) is 14.2. The molecule has 0 aromatic heterocycles. The highest BCUT2D eigenvalue weighted by Gasteiger charge is 2.48. The number of urea groups is 1. The Bertz CT molecular complexity index is 753. The molecule has 4 nitrogen and oxygen atoms in total. The maximum atomic E-state index is 12.9. The summed E-state index contributed by atoms with van der Waals surface area (Å²) in [6.07, 6.45) is 0. The number of nitrogens with zero attached hydrogens (tertiary/aromatic N) is 1. The van der Waals surface area contributed by atoms with Gasteiger partial charge in [-0.3, -0.25) is 9.69 Å². The van der Waals surface area contributed by atoms with Crippen molar-refractivity contribution < 1.29 is 9.59 Å². The predicted octanol–water partition coefficient (Wildman–Crippen LogP) is 3.78. The van der Waals surface area contributed by atoms with Gasteiger partial charge in [0.15, 0.2) is 0 Å². The zero-order valence-corrected chi connectivity index (χ0v) is 14.2. The summed E-state index contributed by atoms with van der Waals surface area (Å²) in [7, 11) is 0. The third-order valence-corrected chi connectivity index (χ3v) is 4.61. The molecular formula is C20H22N2O2. The molecule has 0 radical (unpaired) electrons. The molecule has 3 rings (SSSR count). The molecule has 2 aromatic carbocycles. The van der Waals surface area contributed by atoms with Crippen molar-refractivity contribution in [2.45, 2.75) is 38.8 Å².